The van der Waals surface area contributed by atoms with E-state index in [2.05, 4.69) is 29.8 Å². The normalized spacial score (nSPS) is 23.3. The lowest BCUT2D eigenvalue weighted by molar-refractivity contribution is -0.125. The first-order valence-corrected chi connectivity index (χ1v) is 17.7. The minimum absolute atomic E-state index is 0.0350. The number of carbonyl (C=O) groups excluding carboxylic acids is 1. The number of pyridine rings is 1. The van der Waals surface area contributed by atoms with E-state index >= 15 is 8.78 Å². The van der Waals surface area contributed by atoms with Crippen LogP contribution in [0.1, 0.15) is 30.8 Å². The maximum atomic E-state index is 16.8. The molecule has 0 radical (unpaired) electrons. The highest BCUT2D eigenvalue weighted by atomic mass is 35.5. The van der Waals surface area contributed by atoms with Crippen LogP contribution in [0.2, 0.25) is 5.02 Å². The van der Waals surface area contributed by atoms with Gasteiger partial charge in [0, 0.05) is 61.0 Å². The zero-order chi connectivity index (χ0) is 36.1. The molecular formula is C38H36ClF3N8O2. The fraction of sp³-hybridized carbons (Fsp3) is 0.368. The minimum Gasteiger partial charge on any atom is -0.461 e. The molecule has 10 nitrogen and oxygen atoms in total. The molecule has 5 aromatic rings. The summed E-state index contributed by atoms with van der Waals surface area (Å²) in [6, 6.07) is 11.6. The number of likely N-dealkylation sites (N-methyl/N-ethyl adjacent to an activating group) is 1. The number of aromatic nitrogens is 5. The van der Waals surface area contributed by atoms with E-state index in [1.807, 2.05) is 18.2 Å². The number of alkyl halides is 2. The van der Waals surface area contributed by atoms with E-state index in [9.17, 15) is 9.18 Å². The average Bonchev–Trinajstić information content (AvgIpc) is 3.81. The predicted octanol–water partition coefficient (Wildman–Crippen LogP) is 6.39. The third-order valence-electron chi connectivity index (χ3n) is 10.5. The number of fused-ring (bicyclic) bond motifs is 3. The first-order valence-electron chi connectivity index (χ1n) is 17.3. The van der Waals surface area contributed by atoms with Crippen LogP contribution in [0.25, 0.3) is 39.0 Å². The molecule has 0 saturated carbocycles. The van der Waals surface area contributed by atoms with Gasteiger partial charge in [0.25, 0.3) is 0 Å². The number of rotatable bonds is 8. The maximum Gasteiger partial charge on any atom is 0.319 e. The Bertz CT molecular complexity index is 2220. The number of ether oxygens (including phenoxy) is 1. The lowest BCUT2D eigenvalue weighted by Crippen LogP contribution is -2.43. The van der Waals surface area contributed by atoms with Crippen molar-refractivity contribution < 1.29 is 22.7 Å². The van der Waals surface area contributed by atoms with Crippen LogP contribution >= 0.6 is 11.6 Å². The predicted molar refractivity (Wildman–Crippen MR) is 193 cm³/mol. The first-order chi connectivity index (χ1) is 25.1. The number of hydrogen-bond donors (Lipinski definition) is 0. The molecule has 4 atom stereocenters. The molecule has 52 heavy (non-hydrogen) atoms. The van der Waals surface area contributed by atoms with Crippen LogP contribution < -0.4 is 9.64 Å². The van der Waals surface area contributed by atoms with Crippen molar-refractivity contribution in [2.45, 2.75) is 50.1 Å². The molecule has 2 aromatic carbocycles. The molecule has 3 aliphatic heterocycles. The van der Waals surface area contributed by atoms with Crippen LogP contribution in [0.3, 0.4) is 0 Å². The Balaban J connectivity index is 1.16. The average molecular weight is 729 g/mol. The van der Waals surface area contributed by atoms with E-state index in [1.54, 1.807) is 55.4 Å². The molecule has 14 heteroatoms. The topological polar surface area (TPSA) is 100 Å². The van der Waals surface area contributed by atoms with Crippen molar-refractivity contribution in [3.8, 4) is 17.3 Å². The second-order valence-electron chi connectivity index (χ2n) is 13.8. The largest absolute Gasteiger partial charge is 0.461 e. The summed E-state index contributed by atoms with van der Waals surface area (Å²) >= 11 is 6.60. The van der Waals surface area contributed by atoms with Gasteiger partial charge >= 0.3 is 6.01 Å². The molecule has 3 aromatic heterocycles. The van der Waals surface area contributed by atoms with Crippen molar-refractivity contribution in [3.63, 3.8) is 0 Å². The number of benzene rings is 2. The van der Waals surface area contributed by atoms with Crippen molar-refractivity contribution in [2.24, 2.45) is 0 Å². The smallest absolute Gasteiger partial charge is 0.319 e. The number of anilines is 1. The van der Waals surface area contributed by atoms with E-state index in [0.29, 0.717) is 40.5 Å². The fourth-order valence-electron chi connectivity index (χ4n) is 7.96. The van der Waals surface area contributed by atoms with Gasteiger partial charge in [0.1, 0.15) is 41.8 Å². The van der Waals surface area contributed by atoms with E-state index in [0.717, 1.165) is 24.8 Å². The molecule has 6 heterocycles. The molecule has 8 rings (SSSR count). The Morgan fingerprint density at radius 1 is 1.10 bits per heavy atom. The van der Waals surface area contributed by atoms with E-state index < -0.39 is 29.7 Å². The summed E-state index contributed by atoms with van der Waals surface area (Å²) < 4.78 is 53.5. The monoisotopic (exact) mass is 728 g/mol. The van der Waals surface area contributed by atoms with Gasteiger partial charge in [-0.05, 0) is 49.9 Å². The first kappa shape index (κ1) is 34.2. The number of halogens is 4. The third kappa shape index (κ3) is 6.19. The highest BCUT2D eigenvalue weighted by Crippen LogP contribution is 2.41. The summed E-state index contributed by atoms with van der Waals surface area (Å²) in [7, 11) is 1.65. The summed E-state index contributed by atoms with van der Waals surface area (Å²) in [5.74, 6) is -0.336. The van der Waals surface area contributed by atoms with Crippen LogP contribution in [-0.4, -0.2) is 104 Å². The lowest BCUT2D eigenvalue weighted by Gasteiger charge is -2.31. The molecule has 0 N–H and O–H groups in total. The summed E-state index contributed by atoms with van der Waals surface area (Å²) in [5, 5.41) is 2.14. The highest BCUT2D eigenvalue weighted by Gasteiger charge is 2.49. The minimum atomic E-state index is -1.45. The third-order valence-corrected chi connectivity index (χ3v) is 10.9. The SMILES string of the molecule is Cc1nccc(/C=C/C(=O)N2C[C@H](F)[C@@H](N(C)c3nc(OC[C@@]45CCCN4C[C@H](F)C5)nc4c(F)c(-c5cccc6cccc(Cl)c56)ncc34)C2)n1. The van der Waals surface area contributed by atoms with E-state index in [-0.39, 0.29) is 54.0 Å². The van der Waals surface area contributed by atoms with Gasteiger partial charge in [0.05, 0.1) is 29.2 Å². The molecule has 268 valence electrons. The molecule has 0 spiro atoms. The maximum absolute atomic E-state index is 16.8. The fourth-order valence-corrected chi connectivity index (χ4v) is 8.25. The second kappa shape index (κ2) is 13.6. The number of nitrogens with zero attached hydrogens (tertiary/aromatic N) is 8. The molecular weight excluding hydrogens is 693 g/mol. The Labute approximate surface area is 303 Å². The number of likely N-dealkylation sites (tertiary alicyclic amines) is 1. The van der Waals surface area contributed by atoms with Gasteiger partial charge in [-0.15, -0.1) is 0 Å². The number of aryl methyl sites for hydroxylation is 1. The van der Waals surface area contributed by atoms with Crippen LogP contribution in [0.15, 0.2) is 60.9 Å². The standard InChI is InChI=1S/C38H36ClF3N8O2/c1-22-43-14-12-25(45-22)10-11-31(51)49-19-29(41)30(20-49)48(2)36-27-17-44-34(26-8-3-6-23-7-4-9-28(39)32(23)26)33(42)35(27)46-37(47-36)52-21-38-13-5-15-50(38)18-24(40)16-38/h3-4,6-12,14,17,24,29-30H,5,13,15-16,18-21H2,1-2H3/b11-10+/t24-,29+,30+,38+/m1/s1. The molecule has 0 bridgehead atoms. The Kier molecular flexibility index (Phi) is 8.94. The zero-order valence-electron chi connectivity index (χ0n) is 28.6. The number of hydrogen-bond acceptors (Lipinski definition) is 9. The van der Waals surface area contributed by atoms with Crippen LogP contribution in [0.5, 0.6) is 6.01 Å². The van der Waals surface area contributed by atoms with Crippen LogP contribution in [0.4, 0.5) is 19.0 Å². The van der Waals surface area contributed by atoms with Crippen molar-refractivity contribution in [2.75, 3.05) is 44.7 Å². The quantitative estimate of drug-likeness (QED) is 0.168. The van der Waals surface area contributed by atoms with E-state index in [1.165, 1.54) is 17.2 Å². The van der Waals surface area contributed by atoms with E-state index in [4.69, 9.17) is 16.3 Å². The molecule has 0 aliphatic carbocycles. The van der Waals surface area contributed by atoms with Gasteiger partial charge < -0.3 is 14.5 Å². The van der Waals surface area contributed by atoms with Gasteiger partial charge in [-0.25, -0.2) is 23.1 Å². The Morgan fingerprint density at radius 3 is 2.75 bits per heavy atom. The molecule has 0 unspecified atom stereocenters. The van der Waals surface area contributed by atoms with Crippen LogP contribution in [0, 0.1) is 12.7 Å². The molecule has 3 saturated heterocycles. The number of carbonyl (C=O) groups is 1. The number of amides is 1. The van der Waals surface area contributed by atoms with Gasteiger partial charge in [0.15, 0.2) is 5.82 Å². The molecule has 1 amide bonds. The Morgan fingerprint density at radius 2 is 1.92 bits per heavy atom. The lowest BCUT2D eigenvalue weighted by atomic mass is 9.95. The summed E-state index contributed by atoms with van der Waals surface area (Å²) in [4.78, 5) is 40.4. The van der Waals surface area contributed by atoms with Gasteiger partial charge in [0.2, 0.25) is 5.91 Å². The van der Waals surface area contributed by atoms with Crippen molar-refractivity contribution >= 4 is 51.1 Å². The molecule has 3 aliphatic rings. The second-order valence-corrected chi connectivity index (χ2v) is 14.2. The van der Waals surface area contributed by atoms with Crippen molar-refractivity contribution in [3.05, 3.63) is 83.3 Å². The van der Waals surface area contributed by atoms with Crippen molar-refractivity contribution in [1.29, 1.82) is 0 Å². The van der Waals surface area contributed by atoms with Gasteiger partial charge in [-0.2, -0.15) is 9.97 Å². The highest BCUT2D eigenvalue weighted by molar-refractivity contribution is 6.36. The van der Waals surface area contributed by atoms with Gasteiger partial charge in [-0.1, -0.05) is 41.9 Å². The Hall–Kier alpha value is -4.88. The summed E-state index contributed by atoms with van der Waals surface area (Å²) in [6.45, 7) is 2.89. The van der Waals surface area contributed by atoms with Crippen molar-refractivity contribution in [1.82, 2.24) is 34.7 Å². The summed E-state index contributed by atoms with van der Waals surface area (Å²) in [6.07, 6.45) is 5.61. The van der Waals surface area contributed by atoms with Gasteiger partial charge in [-0.3, -0.25) is 14.7 Å². The zero-order valence-corrected chi connectivity index (χ0v) is 29.4. The molecule has 3 fully saturated rings. The van der Waals surface area contributed by atoms with Crippen LogP contribution in [-0.2, 0) is 4.79 Å². The summed E-state index contributed by atoms with van der Waals surface area (Å²) in [5.41, 5.74) is 0.511.